The van der Waals surface area contributed by atoms with Gasteiger partial charge in [-0.25, -0.2) is 31.3 Å². The van der Waals surface area contributed by atoms with E-state index in [1.807, 2.05) is 0 Å². The molecule has 3 aromatic carbocycles. The van der Waals surface area contributed by atoms with Gasteiger partial charge in [0.2, 0.25) is 5.95 Å². The second-order valence-corrected chi connectivity index (χ2v) is 6.17. The van der Waals surface area contributed by atoms with Crippen molar-refractivity contribution in [2.24, 2.45) is 0 Å². The third-order valence-corrected chi connectivity index (χ3v) is 4.09. The van der Waals surface area contributed by atoms with Gasteiger partial charge in [0.25, 0.3) is 0 Å². The molecule has 30 heavy (non-hydrogen) atoms. The van der Waals surface area contributed by atoms with Gasteiger partial charge < -0.3 is 10.6 Å². The lowest BCUT2D eigenvalue weighted by molar-refractivity contribution is 0.448. The number of aromatic nitrogens is 2. The van der Waals surface area contributed by atoms with Gasteiger partial charge in [-0.3, -0.25) is 0 Å². The first-order valence-corrected chi connectivity index (χ1v) is 8.42. The van der Waals surface area contributed by atoms with E-state index in [1.54, 1.807) is 24.3 Å². The summed E-state index contributed by atoms with van der Waals surface area (Å²) in [5.41, 5.74) is 0.0928. The van der Waals surface area contributed by atoms with Gasteiger partial charge in [0.15, 0.2) is 34.9 Å². The summed E-state index contributed by atoms with van der Waals surface area (Å²) in [5.74, 6) is -8.90. The van der Waals surface area contributed by atoms with Crippen molar-refractivity contribution in [3.63, 3.8) is 0 Å². The molecule has 0 bridgehead atoms. The van der Waals surface area contributed by atoms with Gasteiger partial charge in [-0.05, 0) is 12.1 Å². The van der Waals surface area contributed by atoms with Crippen molar-refractivity contribution in [2.75, 3.05) is 10.6 Å². The van der Waals surface area contributed by atoms with Gasteiger partial charge in [-0.15, -0.1) is 0 Å². The topological polar surface area (TPSA) is 49.8 Å². The van der Waals surface area contributed by atoms with Crippen LogP contribution in [0.4, 0.5) is 49.5 Å². The largest absolute Gasteiger partial charge is 0.339 e. The van der Waals surface area contributed by atoms with Crippen molar-refractivity contribution in [1.82, 2.24) is 9.97 Å². The van der Waals surface area contributed by atoms with E-state index in [0.29, 0.717) is 10.9 Å². The molecule has 0 saturated heterocycles. The fourth-order valence-electron chi connectivity index (χ4n) is 2.75. The van der Waals surface area contributed by atoms with E-state index in [0.717, 1.165) is 24.3 Å². The molecule has 0 unspecified atom stereocenters. The van der Waals surface area contributed by atoms with Gasteiger partial charge in [0, 0.05) is 41.0 Å². The fourth-order valence-corrected chi connectivity index (χ4v) is 2.75. The third kappa shape index (κ3) is 3.71. The molecule has 0 aliphatic rings. The molecule has 0 saturated carbocycles. The minimum Gasteiger partial charge on any atom is -0.339 e. The Kier molecular flexibility index (Phi) is 4.90. The molecule has 1 aromatic heterocycles. The Morgan fingerprint density at radius 2 is 1.10 bits per heavy atom. The van der Waals surface area contributed by atoms with E-state index in [1.165, 1.54) is 0 Å². The van der Waals surface area contributed by atoms with Crippen LogP contribution in [0.15, 0.2) is 48.5 Å². The van der Waals surface area contributed by atoms with Crippen LogP contribution in [0.25, 0.3) is 10.9 Å². The summed E-state index contributed by atoms with van der Waals surface area (Å²) in [7, 11) is 0. The van der Waals surface area contributed by atoms with Crippen molar-refractivity contribution in [1.29, 1.82) is 0 Å². The average molecular weight is 420 g/mol. The molecule has 4 nitrogen and oxygen atoms in total. The van der Waals surface area contributed by atoms with Gasteiger partial charge in [-0.2, -0.15) is 4.98 Å². The quantitative estimate of drug-likeness (QED) is 0.316. The number of nitrogens with zero attached hydrogens (tertiary/aromatic N) is 2. The highest BCUT2D eigenvalue weighted by atomic mass is 19.2. The van der Waals surface area contributed by atoms with Crippen LogP contribution < -0.4 is 10.6 Å². The number of fused-ring (bicyclic) bond motifs is 1. The van der Waals surface area contributed by atoms with Crippen molar-refractivity contribution in [3.05, 3.63) is 83.4 Å². The van der Waals surface area contributed by atoms with E-state index in [2.05, 4.69) is 20.6 Å². The molecule has 0 amide bonds. The molecule has 4 aromatic rings. The van der Waals surface area contributed by atoms with Crippen molar-refractivity contribution < 1.29 is 26.3 Å². The lowest BCUT2D eigenvalue weighted by atomic mass is 10.2. The monoisotopic (exact) mass is 420 g/mol. The summed E-state index contributed by atoms with van der Waals surface area (Å²) in [5, 5.41) is 5.66. The van der Waals surface area contributed by atoms with Gasteiger partial charge in [0.05, 0.1) is 5.52 Å². The number of anilines is 4. The van der Waals surface area contributed by atoms with Crippen LogP contribution in [0.5, 0.6) is 0 Å². The number of para-hydroxylation sites is 1. The maximum Gasteiger partial charge on any atom is 0.229 e. The highest BCUT2D eigenvalue weighted by Gasteiger charge is 2.15. The molecule has 0 atom stereocenters. The highest BCUT2D eigenvalue weighted by molar-refractivity contribution is 5.92. The molecule has 1 heterocycles. The molecule has 0 radical (unpaired) electrons. The summed E-state index contributed by atoms with van der Waals surface area (Å²) >= 11 is 0. The van der Waals surface area contributed by atoms with E-state index in [-0.39, 0.29) is 23.1 Å². The second kappa shape index (κ2) is 7.54. The van der Waals surface area contributed by atoms with Crippen LogP contribution in [0.2, 0.25) is 0 Å². The molecular weight excluding hydrogens is 410 g/mol. The molecule has 0 aliphatic heterocycles. The first-order valence-electron chi connectivity index (χ1n) is 8.42. The van der Waals surface area contributed by atoms with Crippen molar-refractivity contribution in [2.45, 2.75) is 0 Å². The van der Waals surface area contributed by atoms with Crippen molar-refractivity contribution >= 4 is 34.0 Å². The summed E-state index contributed by atoms with van der Waals surface area (Å²) in [6.45, 7) is 0. The molecule has 4 rings (SSSR count). The molecule has 0 fully saturated rings. The smallest absolute Gasteiger partial charge is 0.229 e. The SMILES string of the molecule is Fc1cc(Nc2nc(Nc3cc(F)c(F)c(F)c3)c3ccccc3n2)cc(F)c1F. The summed E-state index contributed by atoms with van der Waals surface area (Å²) < 4.78 is 80.3. The number of hydrogen-bond donors (Lipinski definition) is 2. The van der Waals surface area contributed by atoms with Crippen LogP contribution in [-0.4, -0.2) is 9.97 Å². The molecule has 10 heteroatoms. The molecule has 0 aliphatic carbocycles. The minimum absolute atomic E-state index is 0.0802. The molecule has 2 N–H and O–H groups in total. The maximum atomic E-state index is 13.5. The van der Waals surface area contributed by atoms with E-state index in [4.69, 9.17) is 0 Å². The van der Waals surface area contributed by atoms with E-state index >= 15 is 0 Å². The minimum atomic E-state index is -1.62. The third-order valence-electron chi connectivity index (χ3n) is 4.09. The molecule has 152 valence electrons. The highest BCUT2D eigenvalue weighted by Crippen LogP contribution is 2.28. The van der Waals surface area contributed by atoms with E-state index < -0.39 is 34.9 Å². The Morgan fingerprint density at radius 3 is 1.67 bits per heavy atom. The van der Waals surface area contributed by atoms with E-state index in [9.17, 15) is 26.3 Å². The standard InChI is InChI=1S/C20H10F6N4/c21-12-5-9(6-13(22)17(12)25)27-19-11-3-1-2-4-16(11)29-20(30-19)28-10-7-14(23)18(26)15(24)8-10/h1-8H,(H2,27,28,29,30). The lowest BCUT2D eigenvalue weighted by Crippen LogP contribution is -2.04. The zero-order valence-electron chi connectivity index (χ0n) is 14.8. The summed E-state index contributed by atoms with van der Waals surface area (Å²) in [4.78, 5) is 8.34. The van der Waals surface area contributed by atoms with Crippen LogP contribution in [0.1, 0.15) is 0 Å². The van der Waals surface area contributed by atoms with Crippen LogP contribution >= 0.6 is 0 Å². The number of nitrogens with one attached hydrogen (secondary N) is 2. The van der Waals surface area contributed by atoms with Gasteiger partial charge >= 0.3 is 0 Å². The van der Waals surface area contributed by atoms with Crippen molar-refractivity contribution in [3.8, 4) is 0 Å². The van der Waals surface area contributed by atoms with Crippen LogP contribution in [0.3, 0.4) is 0 Å². The maximum absolute atomic E-state index is 13.5. The summed E-state index contributed by atoms with van der Waals surface area (Å²) in [6.07, 6.45) is 0. The first-order chi connectivity index (χ1) is 14.3. The number of rotatable bonds is 4. The lowest BCUT2D eigenvalue weighted by Gasteiger charge is -2.12. The van der Waals surface area contributed by atoms with Gasteiger partial charge in [0.1, 0.15) is 5.82 Å². The zero-order valence-corrected chi connectivity index (χ0v) is 14.8. The Morgan fingerprint density at radius 1 is 0.600 bits per heavy atom. The average Bonchev–Trinajstić information content (AvgIpc) is 2.70. The van der Waals surface area contributed by atoms with Gasteiger partial charge in [-0.1, -0.05) is 12.1 Å². The normalized spacial score (nSPS) is 11.0. The Labute approximate surface area is 165 Å². The second-order valence-electron chi connectivity index (χ2n) is 6.17. The zero-order chi connectivity index (χ0) is 21.4. The Bertz CT molecular complexity index is 1230. The Balaban J connectivity index is 1.76. The van der Waals surface area contributed by atoms with Crippen LogP contribution in [0, 0.1) is 34.9 Å². The Hall–Kier alpha value is -3.82. The molecule has 0 spiro atoms. The van der Waals surface area contributed by atoms with Crippen LogP contribution in [-0.2, 0) is 0 Å². The summed E-state index contributed by atoms with van der Waals surface area (Å²) in [6, 6.07) is 9.47. The predicted octanol–water partition coefficient (Wildman–Crippen LogP) is 5.95. The predicted molar refractivity (Wildman–Crippen MR) is 98.7 cm³/mol. The molecular formula is C20H10F6N4. The number of benzene rings is 3. The fraction of sp³-hybridized carbons (Fsp3) is 0. The first kappa shape index (κ1) is 19.5. The number of hydrogen-bond acceptors (Lipinski definition) is 4. The number of halogens is 6.